The quantitative estimate of drug-likeness (QED) is 0.679. The van der Waals surface area contributed by atoms with E-state index in [-0.39, 0.29) is 28.2 Å². The molecule has 0 saturated heterocycles. The number of allylic oxidation sites excluding steroid dienone is 3. The molecule has 4 aliphatic rings. The van der Waals surface area contributed by atoms with Crippen LogP contribution in [0.2, 0.25) is 0 Å². The van der Waals surface area contributed by atoms with Gasteiger partial charge < -0.3 is 10.4 Å². The van der Waals surface area contributed by atoms with E-state index in [1.165, 1.54) is 5.57 Å². The van der Waals surface area contributed by atoms with Gasteiger partial charge in [0, 0.05) is 17.0 Å². The highest BCUT2D eigenvalue weighted by Gasteiger charge is 2.59. The molecule has 0 aromatic rings. The summed E-state index contributed by atoms with van der Waals surface area (Å²) in [5, 5.41) is 12.7. The van der Waals surface area contributed by atoms with E-state index in [4.69, 9.17) is 0 Å². The van der Waals surface area contributed by atoms with E-state index in [0.29, 0.717) is 29.7 Å². The number of nitrogens with one attached hydrogen (secondary N) is 1. The Kier molecular flexibility index (Phi) is 4.79. The number of hydrogen-bond acceptors (Lipinski definition) is 2. The molecule has 0 aromatic carbocycles. The first-order chi connectivity index (χ1) is 13.5. The molecule has 2 fully saturated rings. The number of carbonyl (C=O) groups is 2. The van der Waals surface area contributed by atoms with Crippen molar-refractivity contribution in [3.63, 3.8) is 0 Å². The molecular formula is C25H37NO3. The van der Waals surface area contributed by atoms with Crippen LogP contribution < -0.4 is 5.32 Å². The molecule has 29 heavy (non-hydrogen) atoms. The molecule has 0 radical (unpaired) electrons. The number of rotatable bonds is 2. The summed E-state index contributed by atoms with van der Waals surface area (Å²) in [6, 6.07) is 0. The highest BCUT2D eigenvalue weighted by molar-refractivity contribution is 5.87. The standard InChI is InChI=1S/C25H37NO3/c1-23(2,3)26-21(27)20-9-8-18-17-7-6-16-14-15(22(28)29)10-12-24(16,4)19(17)11-13-25(18,20)5/h6,14,17-20H,7-13H2,1-5H3,(H,26,27)(H,28,29)/t17?,18?,19?,20-,24?,25?/m1/s1. The lowest BCUT2D eigenvalue weighted by molar-refractivity contribution is -0.133. The molecule has 0 aliphatic heterocycles. The summed E-state index contributed by atoms with van der Waals surface area (Å²) in [5.41, 5.74) is 1.82. The molecule has 4 heteroatoms. The number of carboxylic acid groups (broad SMARTS) is 1. The average molecular weight is 400 g/mol. The van der Waals surface area contributed by atoms with E-state index in [9.17, 15) is 14.7 Å². The third-order valence-electron chi connectivity index (χ3n) is 8.86. The van der Waals surface area contributed by atoms with E-state index >= 15 is 0 Å². The topological polar surface area (TPSA) is 66.4 Å². The van der Waals surface area contributed by atoms with Crippen molar-refractivity contribution >= 4 is 11.9 Å². The normalized spacial score (nSPS) is 41.4. The Labute approximate surface area is 175 Å². The zero-order valence-electron chi connectivity index (χ0n) is 18.7. The zero-order chi connectivity index (χ0) is 21.2. The van der Waals surface area contributed by atoms with Gasteiger partial charge in [-0.25, -0.2) is 4.79 Å². The predicted molar refractivity (Wildman–Crippen MR) is 114 cm³/mol. The lowest BCUT2D eigenvalue weighted by Gasteiger charge is -2.57. The molecule has 0 aromatic heterocycles. The second-order valence-electron chi connectivity index (χ2n) is 11.6. The van der Waals surface area contributed by atoms with E-state index in [1.807, 2.05) is 6.08 Å². The summed E-state index contributed by atoms with van der Waals surface area (Å²) >= 11 is 0. The summed E-state index contributed by atoms with van der Waals surface area (Å²) in [4.78, 5) is 24.6. The summed E-state index contributed by atoms with van der Waals surface area (Å²) in [6.45, 7) is 10.9. The lowest BCUT2D eigenvalue weighted by atomic mass is 9.48. The monoisotopic (exact) mass is 399 g/mol. The van der Waals surface area contributed by atoms with Crippen LogP contribution in [0.5, 0.6) is 0 Å². The SMILES string of the molecule is CC(C)(C)NC(=O)[C@H]1CCC2C3CC=C4C=C(C(=O)O)CCC4(C)C3CCC21C. The number of aliphatic carboxylic acids is 1. The number of carboxylic acids is 1. The summed E-state index contributed by atoms with van der Waals surface area (Å²) < 4.78 is 0. The molecule has 160 valence electrons. The van der Waals surface area contributed by atoms with Gasteiger partial charge in [0.15, 0.2) is 0 Å². The van der Waals surface area contributed by atoms with Crippen LogP contribution in [0.3, 0.4) is 0 Å². The van der Waals surface area contributed by atoms with Crippen LogP contribution in [-0.2, 0) is 9.59 Å². The molecule has 1 amide bonds. The molecule has 0 spiro atoms. The summed E-state index contributed by atoms with van der Waals surface area (Å²) in [6.07, 6.45) is 11.4. The fourth-order valence-electron chi connectivity index (χ4n) is 7.38. The van der Waals surface area contributed by atoms with Crippen LogP contribution in [0, 0.1) is 34.5 Å². The van der Waals surface area contributed by atoms with Crippen molar-refractivity contribution in [2.75, 3.05) is 0 Å². The van der Waals surface area contributed by atoms with Crippen LogP contribution in [0.1, 0.15) is 79.6 Å². The molecule has 2 saturated carbocycles. The molecular weight excluding hydrogens is 362 g/mol. The van der Waals surface area contributed by atoms with Crippen LogP contribution in [0.15, 0.2) is 23.3 Å². The Hall–Kier alpha value is -1.58. The fourth-order valence-corrected chi connectivity index (χ4v) is 7.38. The first-order valence-corrected chi connectivity index (χ1v) is 11.4. The van der Waals surface area contributed by atoms with E-state index in [2.05, 4.69) is 46.0 Å². The summed E-state index contributed by atoms with van der Waals surface area (Å²) in [7, 11) is 0. The number of carbonyl (C=O) groups excluding carboxylic acids is 1. The van der Waals surface area contributed by atoms with Gasteiger partial charge >= 0.3 is 5.97 Å². The van der Waals surface area contributed by atoms with Gasteiger partial charge in [-0.3, -0.25) is 4.79 Å². The molecule has 4 rings (SSSR count). The lowest BCUT2D eigenvalue weighted by Crippen LogP contribution is -2.52. The van der Waals surface area contributed by atoms with Crippen molar-refractivity contribution in [3.8, 4) is 0 Å². The van der Waals surface area contributed by atoms with Gasteiger partial charge in [0.05, 0.1) is 0 Å². The number of hydrogen-bond donors (Lipinski definition) is 2. The Balaban J connectivity index is 1.60. The second kappa shape index (κ2) is 6.72. The second-order valence-corrected chi connectivity index (χ2v) is 11.6. The highest BCUT2D eigenvalue weighted by Crippen LogP contribution is 2.66. The molecule has 5 unspecified atom stereocenters. The first kappa shape index (κ1) is 20.7. The minimum absolute atomic E-state index is 0.0922. The van der Waals surface area contributed by atoms with E-state index < -0.39 is 5.97 Å². The summed E-state index contributed by atoms with van der Waals surface area (Å²) in [5.74, 6) is 1.42. The molecule has 4 nitrogen and oxygen atoms in total. The van der Waals surface area contributed by atoms with Crippen molar-refractivity contribution < 1.29 is 14.7 Å². The first-order valence-electron chi connectivity index (χ1n) is 11.4. The maximum absolute atomic E-state index is 13.1. The van der Waals surface area contributed by atoms with Crippen LogP contribution in [0.25, 0.3) is 0 Å². The predicted octanol–water partition coefficient (Wildman–Crippen LogP) is 5.10. The third-order valence-corrected chi connectivity index (χ3v) is 8.86. The van der Waals surface area contributed by atoms with Crippen LogP contribution in [-0.4, -0.2) is 22.5 Å². The highest BCUT2D eigenvalue weighted by atomic mass is 16.4. The smallest absolute Gasteiger partial charge is 0.331 e. The minimum Gasteiger partial charge on any atom is -0.478 e. The maximum Gasteiger partial charge on any atom is 0.331 e. The molecule has 0 heterocycles. The van der Waals surface area contributed by atoms with Gasteiger partial charge in [0.2, 0.25) is 5.91 Å². The zero-order valence-corrected chi connectivity index (χ0v) is 18.7. The van der Waals surface area contributed by atoms with E-state index in [0.717, 1.165) is 38.5 Å². The molecule has 4 aliphatic carbocycles. The van der Waals surface area contributed by atoms with Crippen molar-refractivity contribution in [2.24, 2.45) is 34.5 Å². The Morgan fingerprint density at radius 2 is 1.83 bits per heavy atom. The largest absolute Gasteiger partial charge is 0.478 e. The van der Waals surface area contributed by atoms with Gasteiger partial charge in [-0.2, -0.15) is 0 Å². The van der Waals surface area contributed by atoms with Crippen molar-refractivity contribution in [1.82, 2.24) is 5.32 Å². The van der Waals surface area contributed by atoms with Crippen LogP contribution in [0.4, 0.5) is 0 Å². The van der Waals surface area contributed by atoms with Crippen molar-refractivity contribution in [3.05, 3.63) is 23.3 Å². The Bertz CT molecular complexity index is 788. The number of amides is 1. The molecule has 2 N–H and O–H groups in total. The van der Waals surface area contributed by atoms with Gasteiger partial charge in [0.25, 0.3) is 0 Å². The molecule has 6 atom stereocenters. The van der Waals surface area contributed by atoms with Crippen molar-refractivity contribution in [2.45, 2.75) is 85.1 Å². The minimum atomic E-state index is -0.769. The Morgan fingerprint density at radius 1 is 1.10 bits per heavy atom. The van der Waals surface area contributed by atoms with Gasteiger partial charge in [0.1, 0.15) is 0 Å². The number of fused-ring (bicyclic) bond motifs is 5. The van der Waals surface area contributed by atoms with Gasteiger partial charge in [-0.05, 0) is 106 Å². The fraction of sp³-hybridized carbons (Fsp3) is 0.760. The average Bonchev–Trinajstić information content (AvgIpc) is 2.96. The third kappa shape index (κ3) is 3.27. The Morgan fingerprint density at radius 3 is 2.48 bits per heavy atom. The van der Waals surface area contributed by atoms with Crippen LogP contribution >= 0.6 is 0 Å². The maximum atomic E-state index is 13.1. The van der Waals surface area contributed by atoms with Crippen molar-refractivity contribution in [1.29, 1.82) is 0 Å². The van der Waals surface area contributed by atoms with Gasteiger partial charge in [-0.1, -0.05) is 19.9 Å². The molecule has 0 bridgehead atoms. The van der Waals surface area contributed by atoms with Gasteiger partial charge in [-0.15, -0.1) is 0 Å². The van der Waals surface area contributed by atoms with E-state index in [1.54, 1.807) is 0 Å².